The highest BCUT2D eigenvalue weighted by Gasteiger charge is 2.38. The number of pyridine rings is 2. The summed E-state index contributed by atoms with van der Waals surface area (Å²) in [6.07, 6.45) is 13.2. The van der Waals surface area contributed by atoms with E-state index >= 15 is 0 Å². The van der Waals surface area contributed by atoms with Crippen molar-refractivity contribution in [3.63, 3.8) is 0 Å². The Hall–Kier alpha value is -8.88. The van der Waals surface area contributed by atoms with Gasteiger partial charge in [0.1, 0.15) is 23.7 Å². The summed E-state index contributed by atoms with van der Waals surface area (Å²) >= 11 is 0. The second kappa shape index (κ2) is 28.3. The number of ketones is 2. The maximum absolute atomic E-state index is 14.3. The molecule has 6 atom stereocenters. The molecule has 4 saturated heterocycles. The minimum absolute atomic E-state index is 0.221. The molecule has 6 aromatic rings. The summed E-state index contributed by atoms with van der Waals surface area (Å²) in [6, 6.07) is 25.3. The Kier molecular flexibility index (Phi) is 19.9. The van der Waals surface area contributed by atoms with Crippen LogP contribution in [0.2, 0.25) is 0 Å². The molecule has 2 aromatic heterocycles. The summed E-state index contributed by atoms with van der Waals surface area (Å²) in [5, 5.41) is 18.1. The third kappa shape index (κ3) is 14.8. The number of rotatable bonds is 25. The van der Waals surface area contributed by atoms with Gasteiger partial charge in [-0.15, -0.1) is 0 Å². The van der Waals surface area contributed by atoms with Gasteiger partial charge in [-0.25, -0.2) is 8.78 Å². The number of nitrogens with zero attached hydrogens (tertiary/aromatic N) is 4. The number of likely N-dealkylation sites (tertiary alicyclic amines) is 2. The fraction of sp³-hybridized carbons (Fsp3) is 0.364. The van der Waals surface area contributed by atoms with Crippen LogP contribution in [0.5, 0.6) is 0 Å². The van der Waals surface area contributed by atoms with Crippen LogP contribution < -0.4 is 31.9 Å². The second-order valence-corrected chi connectivity index (χ2v) is 22.4. The Morgan fingerprint density at radius 3 is 1.21 bits per heavy atom. The lowest BCUT2D eigenvalue weighted by Gasteiger charge is -2.32. The van der Waals surface area contributed by atoms with E-state index in [1.165, 1.54) is 60.9 Å². The smallest absolute Gasteiger partial charge is 0.251 e. The first-order chi connectivity index (χ1) is 41.8. The number of halogens is 2. The van der Waals surface area contributed by atoms with Crippen molar-refractivity contribution in [2.75, 3.05) is 39.3 Å². The van der Waals surface area contributed by atoms with Crippen LogP contribution in [-0.4, -0.2) is 130 Å². The van der Waals surface area contributed by atoms with Crippen molar-refractivity contribution in [1.29, 1.82) is 0 Å². The van der Waals surface area contributed by atoms with E-state index in [2.05, 4.69) is 41.9 Å². The first-order valence-electron chi connectivity index (χ1n) is 29.7. The predicted molar refractivity (Wildman–Crippen MR) is 316 cm³/mol. The van der Waals surface area contributed by atoms with Gasteiger partial charge in [0.15, 0.2) is 11.6 Å². The van der Waals surface area contributed by atoms with E-state index in [-0.39, 0.29) is 71.2 Å². The molecule has 20 heteroatoms. The molecule has 6 unspecified atom stereocenters. The number of hydrogen-bond acceptors (Lipinski definition) is 12. The summed E-state index contributed by atoms with van der Waals surface area (Å²) < 4.78 is 27.1. The Bertz CT molecular complexity index is 3210. The minimum atomic E-state index is -0.801. The van der Waals surface area contributed by atoms with E-state index in [4.69, 9.17) is 0 Å². The maximum Gasteiger partial charge on any atom is 0.251 e. The van der Waals surface area contributed by atoms with Crippen molar-refractivity contribution in [2.24, 2.45) is 0 Å². The molecule has 0 aliphatic carbocycles. The lowest BCUT2D eigenvalue weighted by atomic mass is 9.99. The zero-order valence-corrected chi connectivity index (χ0v) is 47.7. The normalized spacial score (nSPS) is 18.6. The Morgan fingerprint density at radius 1 is 0.477 bits per heavy atom. The van der Waals surface area contributed by atoms with Crippen molar-refractivity contribution < 1.29 is 47.1 Å². The van der Waals surface area contributed by atoms with Crippen LogP contribution in [0.1, 0.15) is 153 Å². The van der Waals surface area contributed by atoms with Gasteiger partial charge in [0.2, 0.25) is 23.6 Å². The average Bonchev–Trinajstić information content (AvgIpc) is 3.21. The number of carbonyl (C=O) groups is 8. The molecule has 6 N–H and O–H groups in total. The number of carbonyl (C=O) groups excluding carboxylic acids is 8. The molecule has 4 aromatic carbocycles. The summed E-state index contributed by atoms with van der Waals surface area (Å²) in [5.74, 6) is -2.95. The Morgan fingerprint density at radius 2 is 0.849 bits per heavy atom. The summed E-state index contributed by atoms with van der Waals surface area (Å²) in [4.78, 5) is 120. The van der Waals surface area contributed by atoms with Gasteiger partial charge < -0.3 is 41.7 Å². The second-order valence-electron chi connectivity index (χ2n) is 22.4. The Labute approximate surface area is 497 Å². The van der Waals surface area contributed by atoms with E-state index in [9.17, 15) is 47.1 Å². The standard InChI is InChI=1S/C66H70F2N10O8/c67-51-23-19-43(20-24-51)59(79)49-35-47(37-69-39-49)57-9-5-33-77(57)65(85)55(75-63(83)53-27-31-71-53)7-1-3-29-73-61(81)45-15-11-41(12-16-45)42-13-17-46(18-14-42)62(82)74-30-4-2-8-56(76-64(84)54-28-32-72-54)66(86)78-34-6-10-58(78)48-36-50(40-70-38-48)60(80)44-21-25-52(68)26-22-44/h11-26,35-40,53-58,71-72H,1-10,27-34H2,(H,73,81)(H,74,82)(H,75,83)(H,76,84). The molecule has 4 fully saturated rings. The number of nitrogens with one attached hydrogen (secondary N) is 6. The van der Waals surface area contributed by atoms with Crippen molar-refractivity contribution in [1.82, 2.24) is 51.7 Å². The van der Waals surface area contributed by atoms with E-state index in [0.717, 1.165) is 37.1 Å². The molecule has 4 aliphatic heterocycles. The average molecular weight is 1170 g/mol. The molecule has 0 bridgehead atoms. The lowest BCUT2D eigenvalue weighted by molar-refractivity contribution is -0.138. The van der Waals surface area contributed by atoms with Gasteiger partial charge in [0, 0.05) is 84.3 Å². The van der Waals surface area contributed by atoms with Crippen molar-refractivity contribution >= 4 is 47.0 Å². The molecule has 10 rings (SSSR count). The largest absolute Gasteiger partial charge is 0.352 e. The van der Waals surface area contributed by atoms with Crippen LogP contribution in [0.3, 0.4) is 0 Å². The predicted octanol–water partition coefficient (Wildman–Crippen LogP) is 7.10. The fourth-order valence-corrected chi connectivity index (χ4v) is 11.5. The van der Waals surface area contributed by atoms with Crippen molar-refractivity contribution in [2.45, 2.75) is 113 Å². The molecular formula is C66H70F2N10O8. The minimum Gasteiger partial charge on any atom is -0.352 e. The molecular weight excluding hydrogens is 1100 g/mol. The van der Waals surface area contributed by atoms with Crippen LogP contribution in [0.4, 0.5) is 8.78 Å². The van der Waals surface area contributed by atoms with E-state index < -0.39 is 23.7 Å². The summed E-state index contributed by atoms with van der Waals surface area (Å²) in [7, 11) is 0. The van der Waals surface area contributed by atoms with Gasteiger partial charge in [-0.05, 0) is 197 Å². The van der Waals surface area contributed by atoms with Crippen LogP contribution in [0.15, 0.2) is 134 Å². The number of unbranched alkanes of at least 4 members (excludes halogenated alkanes) is 2. The molecule has 446 valence electrons. The molecule has 4 aliphatic rings. The number of aromatic nitrogens is 2. The SMILES string of the molecule is O=C(NCCCCC(NC(=O)C1CCN1)C(=O)N1CCCC1c1cncc(C(=O)c2ccc(F)cc2)c1)c1ccc(-c2ccc(C(=O)NCCCCC(NC(=O)C3CCN3)C(=O)N3CCCC3c3cncc(C(=O)c4ccc(F)cc4)c3)cc2)cc1. The first-order valence-corrected chi connectivity index (χ1v) is 29.7. The highest BCUT2D eigenvalue weighted by atomic mass is 19.1. The number of benzene rings is 4. The first kappa shape index (κ1) is 60.2. The molecule has 0 radical (unpaired) electrons. The highest BCUT2D eigenvalue weighted by Crippen LogP contribution is 2.35. The molecule has 0 saturated carbocycles. The molecule has 0 spiro atoms. The van der Waals surface area contributed by atoms with Crippen LogP contribution in [0, 0.1) is 11.6 Å². The lowest BCUT2D eigenvalue weighted by Crippen LogP contribution is -2.57. The number of amides is 6. The third-order valence-electron chi connectivity index (χ3n) is 16.6. The molecule has 6 amide bonds. The van der Waals surface area contributed by atoms with E-state index in [0.29, 0.717) is 135 Å². The molecule has 18 nitrogen and oxygen atoms in total. The van der Waals surface area contributed by atoms with Gasteiger partial charge in [0.05, 0.1) is 24.2 Å². The van der Waals surface area contributed by atoms with Crippen LogP contribution in [0.25, 0.3) is 11.1 Å². The van der Waals surface area contributed by atoms with Gasteiger partial charge in [-0.3, -0.25) is 48.3 Å². The topological polar surface area (TPSA) is 241 Å². The summed E-state index contributed by atoms with van der Waals surface area (Å²) in [5.41, 5.74) is 5.32. The number of hydrogen-bond donors (Lipinski definition) is 6. The van der Waals surface area contributed by atoms with Crippen LogP contribution in [-0.2, 0) is 19.2 Å². The highest BCUT2D eigenvalue weighted by molar-refractivity contribution is 6.09. The van der Waals surface area contributed by atoms with E-state index in [1.807, 2.05) is 24.3 Å². The summed E-state index contributed by atoms with van der Waals surface area (Å²) in [6.45, 7) is 3.07. The fourth-order valence-electron chi connectivity index (χ4n) is 11.5. The quantitative estimate of drug-likeness (QED) is 0.0249. The van der Waals surface area contributed by atoms with Crippen molar-refractivity contribution in [3.8, 4) is 11.1 Å². The van der Waals surface area contributed by atoms with Crippen molar-refractivity contribution in [3.05, 3.63) is 190 Å². The molecule has 86 heavy (non-hydrogen) atoms. The molecule has 6 heterocycles. The van der Waals surface area contributed by atoms with Crippen LogP contribution >= 0.6 is 0 Å². The zero-order valence-electron chi connectivity index (χ0n) is 47.7. The van der Waals surface area contributed by atoms with Gasteiger partial charge in [-0.2, -0.15) is 0 Å². The maximum atomic E-state index is 14.3. The monoisotopic (exact) mass is 1170 g/mol. The van der Waals surface area contributed by atoms with Gasteiger partial charge >= 0.3 is 0 Å². The van der Waals surface area contributed by atoms with Gasteiger partial charge in [0.25, 0.3) is 11.8 Å². The van der Waals surface area contributed by atoms with Gasteiger partial charge in [-0.1, -0.05) is 24.3 Å². The third-order valence-corrected chi connectivity index (χ3v) is 16.6. The van der Waals surface area contributed by atoms with E-state index in [1.54, 1.807) is 58.6 Å². The zero-order chi connectivity index (χ0) is 60.1. The Balaban J connectivity index is 0.670.